The van der Waals surface area contributed by atoms with Crippen LogP contribution in [0, 0.1) is 0 Å². The van der Waals surface area contributed by atoms with Gasteiger partial charge in [0, 0.05) is 0 Å². The fourth-order valence-electron chi connectivity index (χ4n) is 1.31. The van der Waals surface area contributed by atoms with Crippen LogP contribution in [0.25, 0.3) is 0 Å². The predicted molar refractivity (Wildman–Crippen MR) is 74.4 cm³/mol. The van der Waals surface area contributed by atoms with Crippen molar-refractivity contribution in [2.75, 3.05) is 6.61 Å². The van der Waals surface area contributed by atoms with Gasteiger partial charge in [-0.05, 0) is 31.2 Å². The fraction of sp³-hybridized carbons (Fsp3) is 0.250. The summed E-state index contributed by atoms with van der Waals surface area (Å²) in [6.45, 7) is 2.58. The molecule has 2 aromatic rings. The van der Waals surface area contributed by atoms with Crippen molar-refractivity contribution < 1.29 is 9.47 Å². The molecule has 0 spiro atoms. The Balaban J connectivity index is 2.08. The van der Waals surface area contributed by atoms with Crippen molar-refractivity contribution in [2.24, 2.45) is 0 Å². The van der Waals surface area contributed by atoms with Crippen molar-refractivity contribution in [2.45, 2.75) is 12.8 Å². The minimum atomic E-state index is 0.336. The molecule has 0 saturated carbocycles. The number of alkyl halides is 1. The average molecular weight is 304 g/mol. The van der Waals surface area contributed by atoms with Crippen LogP contribution in [0.15, 0.2) is 24.3 Å². The molecule has 6 heteroatoms. The smallest absolute Gasteiger partial charge is 0.280 e. The van der Waals surface area contributed by atoms with Crippen LogP contribution in [-0.2, 0) is 5.88 Å². The standard InChI is InChI=1S/C12H11Cl2NO2S/c1-2-16-8-3-5-9(6-4-8)17-12-15-11(14)10(7-13)18-12/h3-6H,2,7H2,1H3. The highest BCUT2D eigenvalue weighted by Crippen LogP contribution is 2.33. The molecule has 2 rings (SSSR count). The molecule has 1 aromatic carbocycles. The summed E-state index contributed by atoms with van der Waals surface area (Å²) in [5, 5.41) is 0.885. The zero-order valence-electron chi connectivity index (χ0n) is 9.65. The lowest BCUT2D eigenvalue weighted by molar-refractivity contribution is 0.339. The van der Waals surface area contributed by atoms with E-state index in [0.29, 0.717) is 28.6 Å². The van der Waals surface area contributed by atoms with Crippen LogP contribution in [0.2, 0.25) is 5.15 Å². The van der Waals surface area contributed by atoms with Crippen LogP contribution in [-0.4, -0.2) is 11.6 Å². The van der Waals surface area contributed by atoms with Crippen LogP contribution in [0.1, 0.15) is 11.8 Å². The van der Waals surface area contributed by atoms with E-state index in [1.54, 1.807) is 0 Å². The molecule has 0 aliphatic carbocycles. The highest BCUT2D eigenvalue weighted by atomic mass is 35.5. The Kier molecular flexibility index (Phi) is 4.69. The predicted octanol–water partition coefficient (Wildman–Crippen LogP) is 4.73. The quantitative estimate of drug-likeness (QED) is 0.749. The van der Waals surface area contributed by atoms with Crippen LogP contribution >= 0.6 is 34.5 Å². The lowest BCUT2D eigenvalue weighted by Crippen LogP contribution is -1.90. The number of nitrogens with zero attached hydrogens (tertiary/aromatic N) is 1. The van der Waals surface area contributed by atoms with E-state index in [2.05, 4.69) is 4.98 Å². The number of rotatable bonds is 5. The Labute approximate surface area is 119 Å². The van der Waals surface area contributed by atoms with Crippen molar-refractivity contribution in [3.8, 4) is 16.7 Å². The number of hydrogen-bond donors (Lipinski definition) is 0. The summed E-state index contributed by atoms with van der Waals surface area (Å²) in [5.74, 6) is 1.83. The van der Waals surface area contributed by atoms with Crippen molar-refractivity contribution >= 4 is 34.5 Å². The van der Waals surface area contributed by atoms with Gasteiger partial charge in [-0.15, -0.1) is 11.6 Å². The van der Waals surface area contributed by atoms with Gasteiger partial charge in [0.15, 0.2) is 0 Å². The molecule has 1 aromatic heterocycles. The van der Waals surface area contributed by atoms with Gasteiger partial charge in [-0.3, -0.25) is 0 Å². The van der Waals surface area contributed by atoms with E-state index in [9.17, 15) is 0 Å². The molecule has 3 nitrogen and oxygen atoms in total. The molecule has 0 radical (unpaired) electrons. The second kappa shape index (κ2) is 6.27. The summed E-state index contributed by atoms with van der Waals surface area (Å²) >= 11 is 13.0. The molecule has 0 N–H and O–H groups in total. The topological polar surface area (TPSA) is 31.4 Å². The lowest BCUT2D eigenvalue weighted by Gasteiger charge is -2.04. The van der Waals surface area contributed by atoms with Crippen LogP contribution in [0.3, 0.4) is 0 Å². The molecule has 0 fully saturated rings. The number of halogens is 2. The van der Waals surface area contributed by atoms with E-state index in [1.807, 2.05) is 31.2 Å². The van der Waals surface area contributed by atoms with E-state index >= 15 is 0 Å². The first-order valence-corrected chi connectivity index (χ1v) is 7.07. The molecule has 0 bridgehead atoms. The third kappa shape index (κ3) is 3.28. The summed E-state index contributed by atoms with van der Waals surface area (Å²) in [6, 6.07) is 7.33. The van der Waals surface area contributed by atoms with Gasteiger partial charge in [-0.2, -0.15) is 4.98 Å². The molecular formula is C12H11Cl2NO2S. The van der Waals surface area contributed by atoms with Gasteiger partial charge in [0.25, 0.3) is 5.19 Å². The van der Waals surface area contributed by atoms with Gasteiger partial charge in [0.2, 0.25) is 0 Å². The Hall–Kier alpha value is -0.970. The van der Waals surface area contributed by atoms with E-state index in [0.717, 1.165) is 10.6 Å². The second-order valence-electron chi connectivity index (χ2n) is 3.33. The molecule has 0 atom stereocenters. The second-order valence-corrected chi connectivity index (χ2v) is 5.01. The van der Waals surface area contributed by atoms with Gasteiger partial charge >= 0.3 is 0 Å². The van der Waals surface area contributed by atoms with Gasteiger partial charge < -0.3 is 9.47 Å². The Morgan fingerprint density at radius 2 is 1.89 bits per heavy atom. The number of benzene rings is 1. The summed E-state index contributed by atoms with van der Waals surface area (Å²) < 4.78 is 10.9. The van der Waals surface area contributed by atoms with E-state index in [1.165, 1.54) is 11.3 Å². The summed E-state index contributed by atoms with van der Waals surface area (Å²) in [5.41, 5.74) is 0. The summed E-state index contributed by atoms with van der Waals surface area (Å²) in [7, 11) is 0. The first kappa shape index (κ1) is 13.5. The normalized spacial score (nSPS) is 10.4. The molecule has 18 heavy (non-hydrogen) atoms. The fourth-order valence-corrected chi connectivity index (χ4v) is 2.65. The number of aromatic nitrogens is 1. The van der Waals surface area contributed by atoms with Crippen molar-refractivity contribution in [1.29, 1.82) is 0 Å². The van der Waals surface area contributed by atoms with Crippen molar-refractivity contribution in [1.82, 2.24) is 4.98 Å². The van der Waals surface area contributed by atoms with E-state index in [4.69, 9.17) is 32.7 Å². The third-order valence-electron chi connectivity index (χ3n) is 2.09. The average Bonchev–Trinajstić information content (AvgIpc) is 2.72. The van der Waals surface area contributed by atoms with Crippen LogP contribution in [0.5, 0.6) is 16.7 Å². The van der Waals surface area contributed by atoms with Crippen LogP contribution in [0.4, 0.5) is 0 Å². The van der Waals surface area contributed by atoms with Gasteiger partial charge in [-0.25, -0.2) is 0 Å². The molecular weight excluding hydrogens is 293 g/mol. The highest BCUT2D eigenvalue weighted by Gasteiger charge is 2.10. The summed E-state index contributed by atoms with van der Waals surface area (Å²) in [4.78, 5) is 4.89. The molecule has 1 heterocycles. The number of hydrogen-bond acceptors (Lipinski definition) is 4. The Morgan fingerprint density at radius 3 is 2.44 bits per heavy atom. The summed E-state index contributed by atoms with van der Waals surface area (Å²) in [6.07, 6.45) is 0. The van der Waals surface area contributed by atoms with Gasteiger partial charge in [0.05, 0.1) is 17.4 Å². The molecule has 0 aliphatic heterocycles. The molecule has 96 valence electrons. The number of thiazole rings is 1. The maximum atomic E-state index is 5.89. The zero-order valence-corrected chi connectivity index (χ0v) is 12.0. The van der Waals surface area contributed by atoms with Gasteiger partial charge in [0.1, 0.15) is 16.7 Å². The van der Waals surface area contributed by atoms with Crippen molar-refractivity contribution in [3.63, 3.8) is 0 Å². The largest absolute Gasteiger partial charge is 0.494 e. The first-order chi connectivity index (χ1) is 8.72. The van der Waals surface area contributed by atoms with Crippen LogP contribution < -0.4 is 9.47 Å². The minimum Gasteiger partial charge on any atom is -0.494 e. The molecule has 0 aliphatic rings. The monoisotopic (exact) mass is 303 g/mol. The first-order valence-electron chi connectivity index (χ1n) is 5.34. The Morgan fingerprint density at radius 1 is 1.22 bits per heavy atom. The number of ether oxygens (including phenoxy) is 2. The maximum absolute atomic E-state index is 5.89. The zero-order chi connectivity index (χ0) is 13.0. The van der Waals surface area contributed by atoms with E-state index < -0.39 is 0 Å². The molecule has 0 saturated heterocycles. The molecule has 0 amide bonds. The minimum absolute atomic E-state index is 0.336. The lowest BCUT2D eigenvalue weighted by atomic mass is 10.3. The SMILES string of the molecule is CCOc1ccc(Oc2nc(Cl)c(CCl)s2)cc1. The van der Waals surface area contributed by atoms with E-state index in [-0.39, 0.29) is 0 Å². The third-order valence-corrected chi connectivity index (χ3v) is 3.88. The Bertz CT molecular complexity index is 513. The van der Waals surface area contributed by atoms with Gasteiger partial charge in [-0.1, -0.05) is 22.9 Å². The highest BCUT2D eigenvalue weighted by molar-refractivity contribution is 7.14. The van der Waals surface area contributed by atoms with Crippen molar-refractivity contribution in [3.05, 3.63) is 34.3 Å². The maximum Gasteiger partial charge on any atom is 0.280 e. The molecule has 0 unspecified atom stereocenters.